The van der Waals surface area contributed by atoms with Crippen LogP contribution in [0.2, 0.25) is 0 Å². The van der Waals surface area contributed by atoms with Gasteiger partial charge in [0.1, 0.15) is 0 Å². The second kappa shape index (κ2) is 11.2. The summed E-state index contributed by atoms with van der Waals surface area (Å²) in [7, 11) is 0. The molecule has 13 heavy (non-hydrogen) atoms. The monoisotopic (exact) mass is 224 g/mol. The summed E-state index contributed by atoms with van der Waals surface area (Å²) in [5.41, 5.74) is 0.331. The number of nitrogens with two attached hydrogens (primary N) is 2. The number of halogens is 2. The van der Waals surface area contributed by atoms with Gasteiger partial charge in [-0.05, 0) is 35.7 Å². The summed E-state index contributed by atoms with van der Waals surface area (Å²) in [6, 6.07) is 8.30. The van der Waals surface area contributed by atoms with Crippen LogP contribution in [0.25, 0.3) is 0 Å². The minimum Gasteiger partial charge on any atom is -0.478 e. The maximum atomic E-state index is 10.2. The molecular formula is C7H10Cl2N2O2. The molecule has 0 heterocycles. The molecule has 0 saturated carbocycles. The van der Waals surface area contributed by atoms with Gasteiger partial charge in [-0.25, -0.2) is 15.3 Å². The van der Waals surface area contributed by atoms with E-state index in [0.29, 0.717) is 5.56 Å². The van der Waals surface area contributed by atoms with Crippen LogP contribution < -0.4 is 10.5 Å². The summed E-state index contributed by atoms with van der Waals surface area (Å²) >= 11 is 8.28. The maximum Gasteiger partial charge on any atom is 0.335 e. The first-order valence-corrected chi connectivity index (χ1v) is 3.90. The van der Waals surface area contributed by atoms with E-state index in [-0.39, 0.29) is 0 Å². The van der Waals surface area contributed by atoms with Crippen molar-refractivity contribution in [3.63, 3.8) is 0 Å². The third kappa shape index (κ3) is 7.55. The Morgan fingerprint density at radius 1 is 1.08 bits per heavy atom. The Hall–Kier alpha value is -0.810. The summed E-state index contributed by atoms with van der Waals surface area (Å²) in [6.07, 6.45) is 0. The molecule has 74 valence electrons. The van der Waals surface area contributed by atoms with Crippen molar-refractivity contribution in [1.29, 1.82) is 0 Å². The van der Waals surface area contributed by atoms with Crippen molar-refractivity contribution in [2.24, 2.45) is 10.5 Å². The first-order valence-electron chi connectivity index (χ1n) is 3.02. The zero-order valence-corrected chi connectivity index (χ0v) is 8.16. The van der Waals surface area contributed by atoms with Crippen LogP contribution >= 0.6 is 23.6 Å². The van der Waals surface area contributed by atoms with Crippen molar-refractivity contribution in [1.82, 2.24) is 0 Å². The molecule has 1 rings (SSSR count). The third-order valence-electron chi connectivity index (χ3n) is 1.02. The van der Waals surface area contributed by atoms with Gasteiger partial charge >= 0.3 is 5.97 Å². The first kappa shape index (κ1) is 14.7. The first-order chi connectivity index (χ1) is 6.30. The second-order valence-electron chi connectivity index (χ2n) is 1.67. The van der Waals surface area contributed by atoms with Gasteiger partial charge in [-0.15, -0.1) is 0 Å². The van der Waals surface area contributed by atoms with Crippen molar-refractivity contribution in [3.05, 3.63) is 35.9 Å². The Morgan fingerprint density at radius 2 is 1.46 bits per heavy atom. The van der Waals surface area contributed by atoms with Gasteiger partial charge in [-0.2, -0.15) is 0 Å². The second-order valence-corrected chi connectivity index (χ2v) is 1.67. The largest absolute Gasteiger partial charge is 0.478 e. The van der Waals surface area contributed by atoms with E-state index >= 15 is 0 Å². The van der Waals surface area contributed by atoms with E-state index in [4.69, 9.17) is 5.11 Å². The molecule has 0 spiro atoms. The van der Waals surface area contributed by atoms with Crippen molar-refractivity contribution in [2.45, 2.75) is 0 Å². The lowest BCUT2D eigenvalue weighted by atomic mass is 10.2. The van der Waals surface area contributed by atoms with E-state index in [1.165, 1.54) is 0 Å². The topological polar surface area (TPSA) is 89.3 Å². The zero-order chi connectivity index (χ0) is 10.7. The Balaban J connectivity index is 0. The fourth-order valence-corrected chi connectivity index (χ4v) is 0.581. The summed E-state index contributed by atoms with van der Waals surface area (Å²) in [5, 5.41) is 16.3. The normalized spacial score (nSPS) is 7.08. The number of rotatable bonds is 1. The molecule has 0 bridgehead atoms. The lowest BCUT2D eigenvalue weighted by molar-refractivity contribution is 0.0697. The molecular weight excluding hydrogens is 215 g/mol. The standard InChI is InChI=1S/C7H6O2.2ClH2N/c8-7(9)6-4-2-1-3-5-6;2*1-2/h1-5H,(H,8,9);2*2H2. The molecule has 0 aliphatic carbocycles. The Kier molecular flexibility index (Phi) is 12.7. The molecule has 0 amide bonds. The van der Waals surface area contributed by atoms with E-state index in [1.54, 1.807) is 30.3 Å². The van der Waals surface area contributed by atoms with E-state index in [2.05, 4.69) is 34.1 Å². The van der Waals surface area contributed by atoms with Crippen molar-refractivity contribution < 1.29 is 9.90 Å². The summed E-state index contributed by atoms with van der Waals surface area (Å²) in [5.74, 6) is -0.879. The minimum absolute atomic E-state index is 0.331. The van der Waals surface area contributed by atoms with Gasteiger partial charge in [0.2, 0.25) is 0 Å². The highest BCUT2D eigenvalue weighted by molar-refractivity contribution is 6.11. The molecule has 0 atom stereocenters. The van der Waals surface area contributed by atoms with Gasteiger partial charge in [0, 0.05) is 0 Å². The van der Waals surface area contributed by atoms with Gasteiger partial charge < -0.3 is 5.11 Å². The lowest BCUT2D eigenvalue weighted by Gasteiger charge is -1.88. The van der Waals surface area contributed by atoms with Crippen LogP contribution in [-0.4, -0.2) is 11.1 Å². The quantitative estimate of drug-likeness (QED) is 0.633. The number of benzene rings is 1. The number of carboxylic acids is 1. The molecule has 0 fully saturated rings. The molecule has 4 nitrogen and oxygen atoms in total. The van der Waals surface area contributed by atoms with Crippen molar-refractivity contribution in [2.75, 3.05) is 0 Å². The van der Waals surface area contributed by atoms with Crippen molar-refractivity contribution >= 4 is 29.5 Å². The predicted octanol–water partition coefficient (Wildman–Crippen LogP) is 1.58. The van der Waals surface area contributed by atoms with E-state index in [0.717, 1.165) is 0 Å². The van der Waals surface area contributed by atoms with Crippen LogP contribution in [0.1, 0.15) is 10.4 Å². The van der Waals surface area contributed by atoms with E-state index in [1.807, 2.05) is 0 Å². The van der Waals surface area contributed by atoms with Gasteiger partial charge in [-0.3, -0.25) is 0 Å². The Morgan fingerprint density at radius 3 is 1.69 bits per heavy atom. The lowest BCUT2D eigenvalue weighted by Crippen LogP contribution is -1.93. The van der Waals surface area contributed by atoms with Crippen LogP contribution in [-0.2, 0) is 0 Å². The average molecular weight is 225 g/mol. The predicted molar refractivity (Wildman–Crippen MR) is 53.5 cm³/mol. The van der Waals surface area contributed by atoms with Crippen LogP contribution in [0.15, 0.2) is 30.3 Å². The highest BCUT2D eigenvalue weighted by atomic mass is 35.5. The molecule has 1 aromatic rings. The molecule has 5 N–H and O–H groups in total. The Bertz CT molecular complexity index is 219. The molecule has 1 aromatic carbocycles. The molecule has 0 aromatic heterocycles. The van der Waals surface area contributed by atoms with Crippen LogP contribution in [0.4, 0.5) is 0 Å². The smallest absolute Gasteiger partial charge is 0.335 e. The van der Waals surface area contributed by atoms with Gasteiger partial charge in [0.15, 0.2) is 0 Å². The highest BCUT2D eigenvalue weighted by Crippen LogP contribution is 1.96. The maximum absolute atomic E-state index is 10.2. The number of aromatic carboxylic acids is 1. The fraction of sp³-hybridized carbons (Fsp3) is 0. The summed E-state index contributed by atoms with van der Waals surface area (Å²) < 4.78 is 0. The number of hydrogen-bond acceptors (Lipinski definition) is 3. The number of carboxylic acid groups (broad SMARTS) is 1. The van der Waals surface area contributed by atoms with E-state index < -0.39 is 5.97 Å². The van der Waals surface area contributed by atoms with Gasteiger partial charge in [-0.1, -0.05) is 18.2 Å². The highest BCUT2D eigenvalue weighted by Gasteiger charge is 1.96. The van der Waals surface area contributed by atoms with Crippen molar-refractivity contribution in [3.8, 4) is 0 Å². The van der Waals surface area contributed by atoms with Gasteiger partial charge in [0.25, 0.3) is 0 Å². The third-order valence-corrected chi connectivity index (χ3v) is 1.02. The van der Waals surface area contributed by atoms with Crippen LogP contribution in [0, 0.1) is 0 Å². The molecule has 6 heteroatoms. The Labute approximate surface area is 86.3 Å². The molecule has 0 unspecified atom stereocenters. The summed E-state index contributed by atoms with van der Waals surface area (Å²) in [4.78, 5) is 10.2. The molecule has 0 aliphatic heterocycles. The number of hydrogen-bond donors (Lipinski definition) is 3. The average Bonchev–Trinajstić information content (AvgIpc) is 2.25. The molecule has 0 aliphatic rings. The molecule has 0 radical (unpaired) electrons. The fourth-order valence-electron chi connectivity index (χ4n) is 0.581. The minimum atomic E-state index is -0.879. The number of carbonyl (C=O) groups is 1. The van der Waals surface area contributed by atoms with Crippen LogP contribution in [0.5, 0.6) is 0 Å². The SMILES string of the molecule is NCl.NCl.O=C(O)c1ccccc1. The van der Waals surface area contributed by atoms with Crippen LogP contribution in [0.3, 0.4) is 0 Å². The zero-order valence-electron chi connectivity index (χ0n) is 6.65. The van der Waals surface area contributed by atoms with E-state index in [9.17, 15) is 4.79 Å². The molecule has 0 saturated heterocycles. The van der Waals surface area contributed by atoms with Gasteiger partial charge in [0.05, 0.1) is 5.56 Å². The summed E-state index contributed by atoms with van der Waals surface area (Å²) in [6.45, 7) is 0.